The lowest BCUT2D eigenvalue weighted by Crippen LogP contribution is -2.27. The monoisotopic (exact) mass is 364 g/mol. The number of hydrogen-bond acceptors (Lipinski definition) is 6. The summed E-state index contributed by atoms with van der Waals surface area (Å²) in [7, 11) is -4.07. The second kappa shape index (κ2) is 6.69. The average molecular weight is 364 g/mol. The zero-order valence-corrected chi connectivity index (χ0v) is 14.2. The van der Waals surface area contributed by atoms with Crippen LogP contribution >= 0.6 is 0 Å². The molecule has 0 radical (unpaired) electrons. The van der Waals surface area contributed by atoms with E-state index in [1.807, 2.05) is 0 Å². The fourth-order valence-electron chi connectivity index (χ4n) is 2.53. The third-order valence-electron chi connectivity index (χ3n) is 3.75. The molecule has 0 fully saturated rings. The van der Waals surface area contributed by atoms with Gasteiger partial charge in [0, 0.05) is 12.1 Å². The molecule has 1 atom stereocenters. The number of nitro groups is 1. The Balaban J connectivity index is 1.87. The molecule has 9 heteroatoms. The molecule has 0 bridgehead atoms. The number of sulfonamides is 1. The van der Waals surface area contributed by atoms with E-state index >= 15 is 0 Å². The molecule has 0 aromatic heterocycles. The molecule has 0 unspecified atom stereocenters. The lowest BCUT2D eigenvalue weighted by molar-refractivity contribution is -0.387. The summed E-state index contributed by atoms with van der Waals surface area (Å²) in [4.78, 5) is 9.98. The van der Waals surface area contributed by atoms with Crippen LogP contribution in [0.5, 0.6) is 11.5 Å². The highest BCUT2D eigenvalue weighted by Gasteiger charge is 2.27. The molecule has 2 aromatic rings. The lowest BCUT2D eigenvalue weighted by atomic mass is 10.1. The van der Waals surface area contributed by atoms with Crippen LogP contribution in [0.1, 0.15) is 18.5 Å². The summed E-state index contributed by atoms with van der Waals surface area (Å²) in [5, 5.41) is 11.1. The zero-order valence-electron chi connectivity index (χ0n) is 13.3. The van der Waals surface area contributed by atoms with Crippen LogP contribution < -0.4 is 14.2 Å². The van der Waals surface area contributed by atoms with Crippen LogP contribution in [0, 0.1) is 10.1 Å². The molecular formula is C16H16N2O6S. The van der Waals surface area contributed by atoms with Crippen molar-refractivity contribution >= 4 is 15.7 Å². The van der Waals surface area contributed by atoms with Gasteiger partial charge in [-0.1, -0.05) is 18.2 Å². The second-order valence-corrected chi connectivity index (χ2v) is 7.15. The molecule has 0 saturated carbocycles. The number of hydrogen-bond donors (Lipinski definition) is 1. The summed E-state index contributed by atoms with van der Waals surface area (Å²) < 4.78 is 38.5. The van der Waals surface area contributed by atoms with Crippen LogP contribution in [0.4, 0.5) is 5.69 Å². The highest BCUT2D eigenvalue weighted by atomic mass is 32.2. The van der Waals surface area contributed by atoms with Gasteiger partial charge in [0.2, 0.25) is 10.0 Å². The van der Waals surface area contributed by atoms with Crippen LogP contribution in [0.3, 0.4) is 0 Å². The van der Waals surface area contributed by atoms with E-state index in [0.717, 1.165) is 6.07 Å². The Morgan fingerprint density at radius 2 is 1.80 bits per heavy atom. The molecule has 0 spiro atoms. The number of nitrogens with one attached hydrogen (secondary N) is 1. The van der Waals surface area contributed by atoms with Gasteiger partial charge in [-0.2, -0.15) is 0 Å². The van der Waals surface area contributed by atoms with Crippen LogP contribution in [-0.4, -0.2) is 26.6 Å². The van der Waals surface area contributed by atoms with E-state index in [9.17, 15) is 18.5 Å². The Bertz CT molecular complexity index is 913. The van der Waals surface area contributed by atoms with Gasteiger partial charge in [0.1, 0.15) is 13.2 Å². The maximum absolute atomic E-state index is 12.6. The minimum Gasteiger partial charge on any atom is -0.486 e. The third-order valence-corrected chi connectivity index (χ3v) is 5.34. The number of rotatable bonds is 5. The fourth-order valence-corrected chi connectivity index (χ4v) is 3.93. The molecule has 1 aliphatic heterocycles. The van der Waals surface area contributed by atoms with E-state index in [1.54, 1.807) is 25.1 Å². The van der Waals surface area contributed by atoms with Gasteiger partial charge in [-0.3, -0.25) is 10.1 Å². The number of benzene rings is 2. The molecule has 1 heterocycles. The molecule has 0 aliphatic carbocycles. The van der Waals surface area contributed by atoms with Gasteiger partial charge >= 0.3 is 0 Å². The predicted octanol–water partition coefficient (Wildman–Crippen LogP) is 2.41. The van der Waals surface area contributed by atoms with Crippen molar-refractivity contribution in [3.63, 3.8) is 0 Å². The quantitative estimate of drug-likeness (QED) is 0.645. The first-order valence-corrected chi connectivity index (χ1v) is 9.02. The van der Waals surface area contributed by atoms with Gasteiger partial charge in [0.15, 0.2) is 16.4 Å². The molecular weight excluding hydrogens is 348 g/mol. The van der Waals surface area contributed by atoms with Crippen molar-refractivity contribution in [2.75, 3.05) is 13.2 Å². The van der Waals surface area contributed by atoms with Gasteiger partial charge in [-0.25, -0.2) is 13.1 Å². The van der Waals surface area contributed by atoms with E-state index in [0.29, 0.717) is 30.3 Å². The van der Waals surface area contributed by atoms with Crippen LogP contribution in [0.15, 0.2) is 47.4 Å². The maximum atomic E-state index is 12.6. The SMILES string of the molecule is C[C@H](NS(=O)(=O)c1ccccc1[N+](=O)[O-])c1ccc2c(c1)OCCO2. The van der Waals surface area contributed by atoms with E-state index < -0.39 is 26.7 Å². The molecule has 25 heavy (non-hydrogen) atoms. The number of fused-ring (bicyclic) bond motifs is 1. The minimum atomic E-state index is -4.07. The van der Waals surface area contributed by atoms with Crippen molar-refractivity contribution in [2.24, 2.45) is 0 Å². The Kier molecular flexibility index (Phi) is 4.60. The normalized spacial score (nSPS) is 14.8. The maximum Gasteiger partial charge on any atom is 0.289 e. The van der Waals surface area contributed by atoms with E-state index in [4.69, 9.17) is 9.47 Å². The molecule has 132 valence electrons. The minimum absolute atomic E-state index is 0.371. The Morgan fingerprint density at radius 1 is 1.12 bits per heavy atom. The van der Waals surface area contributed by atoms with E-state index in [1.165, 1.54) is 18.2 Å². The zero-order chi connectivity index (χ0) is 18.0. The van der Waals surface area contributed by atoms with Crippen molar-refractivity contribution < 1.29 is 22.8 Å². The molecule has 0 saturated heterocycles. The van der Waals surface area contributed by atoms with Gasteiger partial charge in [0.05, 0.1) is 4.92 Å². The standard InChI is InChI=1S/C16H16N2O6S/c1-11(12-6-7-14-15(10-12)24-9-8-23-14)17-25(21,22)16-5-3-2-4-13(16)18(19)20/h2-7,10-11,17H,8-9H2,1H3/t11-/m0/s1. The van der Waals surface area contributed by atoms with Crippen LogP contribution in [-0.2, 0) is 10.0 Å². The Hall–Kier alpha value is -2.65. The number of para-hydroxylation sites is 1. The van der Waals surface area contributed by atoms with Crippen molar-refractivity contribution in [1.82, 2.24) is 4.72 Å². The molecule has 1 aliphatic rings. The van der Waals surface area contributed by atoms with Gasteiger partial charge in [-0.05, 0) is 30.7 Å². The predicted molar refractivity (Wildman–Crippen MR) is 89.3 cm³/mol. The smallest absolute Gasteiger partial charge is 0.289 e. The fraction of sp³-hybridized carbons (Fsp3) is 0.250. The molecule has 0 amide bonds. The van der Waals surface area contributed by atoms with Crippen molar-refractivity contribution in [2.45, 2.75) is 17.9 Å². The summed E-state index contributed by atoms with van der Waals surface area (Å²) in [5.41, 5.74) is 0.191. The highest BCUT2D eigenvalue weighted by Crippen LogP contribution is 2.33. The average Bonchev–Trinajstić information content (AvgIpc) is 2.61. The molecule has 8 nitrogen and oxygen atoms in total. The second-order valence-electron chi connectivity index (χ2n) is 5.47. The number of ether oxygens (including phenoxy) is 2. The van der Waals surface area contributed by atoms with Crippen LogP contribution in [0.25, 0.3) is 0 Å². The first-order chi connectivity index (χ1) is 11.9. The Labute approximate surface area is 144 Å². The van der Waals surface area contributed by atoms with Crippen molar-refractivity contribution in [3.05, 3.63) is 58.1 Å². The Morgan fingerprint density at radius 3 is 2.52 bits per heavy atom. The summed E-state index contributed by atoms with van der Waals surface area (Å²) in [6.07, 6.45) is 0. The number of nitro benzene ring substituents is 1. The van der Waals surface area contributed by atoms with E-state index in [2.05, 4.69) is 4.72 Å². The molecule has 3 rings (SSSR count). The summed E-state index contributed by atoms with van der Waals surface area (Å²) in [5.74, 6) is 1.14. The lowest BCUT2D eigenvalue weighted by Gasteiger charge is -2.21. The highest BCUT2D eigenvalue weighted by molar-refractivity contribution is 7.89. The van der Waals surface area contributed by atoms with E-state index in [-0.39, 0.29) is 4.90 Å². The third kappa shape index (κ3) is 3.57. The summed E-state index contributed by atoms with van der Waals surface area (Å²) >= 11 is 0. The first kappa shape index (κ1) is 17.2. The van der Waals surface area contributed by atoms with Gasteiger partial charge < -0.3 is 9.47 Å². The van der Waals surface area contributed by atoms with Gasteiger partial charge in [0.25, 0.3) is 5.69 Å². The van der Waals surface area contributed by atoms with Gasteiger partial charge in [-0.15, -0.1) is 0 Å². The largest absolute Gasteiger partial charge is 0.486 e. The number of nitrogens with zero attached hydrogens (tertiary/aromatic N) is 1. The molecule has 1 N–H and O–H groups in total. The van der Waals surface area contributed by atoms with Crippen molar-refractivity contribution in [1.29, 1.82) is 0 Å². The molecule has 2 aromatic carbocycles. The topological polar surface area (TPSA) is 108 Å². The first-order valence-electron chi connectivity index (χ1n) is 7.54. The van der Waals surface area contributed by atoms with Crippen molar-refractivity contribution in [3.8, 4) is 11.5 Å². The summed E-state index contributed by atoms with van der Waals surface area (Å²) in [6.45, 7) is 2.54. The summed E-state index contributed by atoms with van der Waals surface area (Å²) in [6, 6.07) is 9.74. The van der Waals surface area contributed by atoms with Crippen LogP contribution in [0.2, 0.25) is 0 Å².